The van der Waals surface area contributed by atoms with Crippen molar-refractivity contribution >= 4 is 44.7 Å². The lowest BCUT2D eigenvalue weighted by Gasteiger charge is -2.37. The Morgan fingerprint density at radius 3 is 1.94 bits per heavy atom. The number of carbonyl (C=O) groups is 2. The van der Waals surface area contributed by atoms with Crippen LogP contribution in [0.25, 0.3) is 21.5 Å². The monoisotopic (exact) mass is 670 g/mol. The molecule has 0 fully saturated rings. The fourth-order valence-electron chi connectivity index (χ4n) is 5.15. The van der Waals surface area contributed by atoms with E-state index in [0.717, 1.165) is 23.2 Å². The van der Waals surface area contributed by atoms with Crippen LogP contribution in [0.5, 0.6) is 0 Å². The van der Waals surface area contributed by atoms with Gasteiger partial charge in [0.2, 0.25) is 11.5 Å². The summed E-state index contributed by atoms with van der Waals surface area (Å²) >= 11 is 0. The summed E-state index contributed by atoms with van der Waals surface area (Å²) in [5, 5.41) is 24.1. The second-order valence-electron chi connectivity index (χ2n) is 11.7. The lowest BCUT2D eigenvalue weighted by Crippen LogP contribution is -2.57. The molecule has 0 saturated heterocycles. The zero-order chi connectivity index (χ0) is 35.6. The summed E-state index contributed by atoms with van der Waals surface area (Å²) < 4.78 is 65.6. The van der Waals surface area contributed by atoms with Crippen LogP contribution in [0.4, 0.5) is 28.9 Å². The van der Waals surface area contributed by atoms with Crippen LogP contribution in [0.3, 0.4) is 0 Å². The Balaban J connectivity index is 0.000000360. The minimum atomic E-state index is -5.43. The molecule has 0 bridgehead atoms. The van der Waals surface area contributed by atoms with Crippen molar-refractivity contribution < 1.29 is 41.3 Å². The van der Waals surface area contributed by atoms with Crippen molar-refractivity contribution in [1.29, 1.82) is 0 Å². The lowest BCUT2D eigenvalue weighted by molar-refractivity contribution is -0.254. The van der Waals surface area contributed by atoms with Crippen LogP contribution in [0.1, 0.15) is 44.1 Å². The van der Waals surface area contributed by atoms with E-state index in [2.05, 4.69) is 24.7 Å². The molecule has 0 spiro atoms. The van der Waals surface area contributed by atoms with E-state index in [4.69, 9.17) is 0 Å². The van der Waals surface area contributed by atoms with Gasteiger partial charge in [-0.2, -0.15) is 13.2 Å². The van der Waals surface area contributed by atoms with E-state index in [9.17, 15) is 41.8 Å². The maximum atomic E-state index is 14.1. The Bertz CT molecular complexity index is 2140. The van der Waals surface area contributed by atoms with Crippen LogP contribution in [-0.2, 0) is 15.0 Å². The van der Waals surface area contributed by atoms with Gasteiger partial charge in [0, 0.05) is 35.5 Å². The predicted molar refractivity (Wildman–Crippen MR) is 168 cm³/mol. The number of aliphatic hydroxyl groups is 1. The summed E-state index contributed by atoms with van der Waals surface area (Å²) in [6.45, 7) is 7.04. The van der Waals surface area contributed by atoms with Gasteiger partial charge in [0.15, 0.2) is 0 Å². The molecule has 1 atom stereocenters. The number of halogens is 4. The fourth-order valence-corrected chi connectivity index (χ4v) is 5.15. The first-order valence-corrected chi connectivity index (χ1v) is 14.3. The van der Waals surface area contributed by atoms with E-state index in [1.165, 1.54) is 52.0 Å². The highest BCUT2D eigenvalue weighted by atomic mass is 19.4. The van der Waals surface area contributed by atoms with Crippen molar-refractivity contribution in [2.24, 2.45) is 0 Å². The molecule has 5 rings (SSSR count). The summed E-state index contributed by atoms with van der Waals surface area (Å²) in [5.41, 5.74) is -5.85. The number of carbonyl (C=O) groups excluding carboxylic acids is 2. The summed E-state index contributed by atoms with van der Waals surface area (Å²) in [5.74, 6) is -3.11. The number of hydrogen-bond acceptors (Lipinski definition) is 9. The maximum Gasteiger partial charge on any atom is 0.426 e. The molecule has 252 valence electrons. The van der Waals surface area contributed by atoms with Gasteiger partial charge in [0.25, 0.3) is 5.91 Å². The number of fused-ring (bicyclic) bond motifs is 2. The molecule has 1 unspecified atom stereocenters. The third-order valence-electron chi connectivity index (χ3n) is 7.52. The zero-order valence-electron chi connectivity index (χ0n) is 26.3. The smallest absolute Gasteiger partial charge is 0.373 e. The van der Waals surface area contributed by atoms with Gasteiger partial charge in [-0.25, -0.2) is 14.0 Å². The van der Waals surface area contributed by atoms with Gasteiger partial charge in [0.05, 0.1) is 22.2 Å². The maximum absolute atomic E-state index is 14.1. The summed E-state index contributed by atoms with van der Waals surface area (Å²) in [6.07, 6.45) is -6.63. The van der Waals surface area contributed by atoms with Crippen molar-refractivity contribution in [2.45, 2.75) is 58.2 Å². The number of nitrogens with one attached hydrogen (secondary N) is 2. The fraction of sp³-hybridized carbons (Fsp3) is 0.273. The van der Waals surface area contributed by atoms with Crippen molar-refractivity contribution in [3.8, 4) is 0 Å². The first-order valence-electron chi connectivity index (χ1n) is 14.3. The zero-order valence-corrected chi connectivity index (χ0v) is 26.3. The average Bonchev–Trinajstić information content (AvgIpc) is 3.01. The van der Waals surface area contributed by atoms with E-state index in [-0.39, 0.29) is 39.0 Å². The van der Waals surface area contributed by atoms with Crippen molar-refractivity contribution in [3.05, 3.63) is 104 Å². The molecule has 0 aliphatic rings. The normalized spacial score (nSPS) is 13.0. The van der Waals surface area contributed by atoms with Gasteiger partial charge < -0.3 is 24.8 Å². The van der Waals surface area contributed by atoms with Crippen molar-refractivity contribution in [1.82, 2.24) is 10.3 Å². The van der Waals surface area contributed by atoms with Gasteiger partial charge in [0.1, 0.15) is 5.82 Å². The van der Waals surface area contributed by atoms with Crippen LogP contribution in [0, 0.1) is 19.7 Å². The highest BCUT2D eigenvalue weighted by molar-refractivity contribution is 6.00. The standard InChI is InChI=1S/C24H23F4N3O5.C9H7NO2/c1-12-17-10-15(6-7-16(17)20(33)36-31-12)30-21(34)23(35,24(26,27)28)11-22(3,4)18-9-14(25)5-8-19(18)29-13(2)32;1-6-7-4-2-3-5-8(7)9(11)12-10-6/h5-10,35H,11H2,1-4H3,(H,29,32)(H,30,34);2-5H,1H3. The molecule has 0 aliphatic carbocycles. The summed E-state index contributed by atoms with van der Waals surface area (Å²) in [6, 6.07) is 14.1. The molecule has 2 heterocycles. The van der Waals surface area contributed by atoms with Gasteiger partial charge in [-0.3, -0.25) is 9.59 Å². The molecular weight excluding hydrogens is 640 g/mol. The van der Waals surface area contributed by atoms with Crippen LogP contribution in [0.15, 0.2) is 79.3 Å². The van der Waals surface area contributed by atoms with Crippen LogP contribution >= 0.6 is 0 Å². The Morgan fingerprint density at radius 2 is 1.38 bits per heavy atom. The van der Waals surface area contributed by atoms with E-state index >= 15 is 0 Å². The van der Waals surface area contributed by atoms with E-state index < -0.39 is 46.9 Å². The number of aryl methyl sites for hydroxylation is 2. The molecule has 3 aromatic carbocycles. The van der Waals surface area contributed by atoms with E-state index in [1.807, 2.05) is 24.4 Å². The second-order valence-corrected chi connectivity index (χ2v) is 11.7. The topological polar surface area (TPSA) is 165 Å². The molecule has 0 radical (unpaired) electrons. The third-order valence-corrected chi connectivity index (χ3v) is 7.52. The molecule has 48 heavy (non-hydrogen) atoms. The lowest BCUT2D eigenvalue weighted by atomic mass is 9.73. The molecule has 5 aromatic rings. The first-order chi connectivity index (χ1) is 22.3. The number of amides is 2. The molecule has 2 amide bonds. The molecular formula is C33H30F4N4O7. The predicted octanol–water partition coefficient (Wildman–Crippen LogP) is 5.69. The Morgan fingerprint density at radius 1 is 0.812 bits per heavy atom. The third kappa shape index (κ3) is 7.41. The van der Waals surface area contributed by atoms with E-state index in [1.54, 1.807) is 12.1 Å². The largest absolute Gasteiger partial charge is 0.426 e. The van der Waals surface area contributed by atoms with Gasteiger partial charge >= 0.3 is 17.4 Å². The Labute approximate surface area is 269 Å². The number of nitrogens with zero attached hydrogens (tertiary/aromatic N) is 2. The number of rotatable bonds is 6. The number of hydrogen-bond donors (Lipinski definition) is 3. The Kier molecular flexibility index (Phi) is 9.85. The second kappa shape index (κ2) is 13.4. The summed E-state index contributed by atoms with van der Waals surface area (Å²) in [7, 11) is 0. The number of anilines is 2. The minimum absolute atomic E-state index is 0.0372. The average molecular weight is 671 g/mol. The molecule has 11 nitrogen and oxygen atoms in total. The highest BCUT2D eigenvalue weighted by Crippen LogP contribution is 2.44. The van der Waals surface area contributed by atoms with Gasteiger partial charge in [-0.15, -0.1) is 0 Å². The van der Waals surface area contributed by atoms with Crippen molar-refractivity contribution in [2.75, 3.05) is 10.6 Å². The van der Waals surface area contributed by atoms with Gasteiger partial charge in [-0.05, 0) is 67.3 Å². The van der Waals surface area contributed by atoms with E-state index in [0.29, 0.717) is 5.39 Å². The molecule has 0 aliphatic heterocycles. The first kappa shape index (κ1) is 35.4. The molecule has 2 aromatic heterocycles. The number of benzene rings is 3. The minimum Gasteiger partial charge on any atom is -0.373 e. The SMILES string of the molecule is CC(=O)Nc1ccc(F)cc1C(C)(C)CC(O)(C(=O)Nc1ccc2c(=O)onc(C)c2c1)C(F)(F)F.Cc1noc(=O)c2ccccc12. The Hall–Kier alpha value is -5.44. The van der Waals surface area contributed by atoms with Gasteiger partial charge in [-0.1, -0.05) is 42.4 Å². The van der Waals surface area contributed by atoms with Crippen LogP contribution in [-0.4, -0.2) is 39.0 Å². The molecule has 3 N–H and O–H groups in total. The quantitative estimate of drug-likeness (QED) is 0.193. The molecule has 15 heteroatoms. The van der Waals surface area contributed by atoms with Crippen molar-refractivity contribution in [3.63, 3.8) is 0 Å². The number of aromatic nitrogens is 2. The number of alkyl halides is 3. The highest BCUT2D eigenvalue weighted by Gasteiger charge is 2.61. The van der Waals surface area contributed by atoms with Crippen LogP contribution in [0.2, 0.25) is 0 Å². The van der Waals surface area contributed by atoms with Crippen LogP contribution < -0.4 is 21.9 Å². The summed E-state index contributed by atoms with van der Waals surface area (Å²) in [4.78, 5) is 47.3. The molecule has 0 saturated carbocycles.